The molecule has 0 aromatic heterocycles. The van der Waals surface area contributed by atoms with Gasteiger partial charge in [-0.2, -0.15) is 0 Å². The van der Waals surface area contributed by atoms with Crippen LogP contribution in [0.3, 0.4) is 0 Å². The van der Waals surface area contributed by atoms with Gasteiger partial charge >= 0.3 is 0 Å². The Bertz CT molecular complexity index is 138. The van der Waals surface area contributed by atoms with Crippen molar-refractivity contribution in [3.05, 3.63) is 0 Å². The zero-order valence-corrected chi connectivity index (χ0v) is 11.3. The molecule has 3 heteroatoms. The van der Waals surface area contributed by atoms with E-state index in [1.54, 1.807) is 0 Å². The van der Waals surface area contributed by atoms with Gasteiger partial charge in [0.15, 0.2) is 0 Å². The highest BCUT2D eigenvalue weighted by Crippen LogP contribution is 2.26. The lowest BCUT2D eigenvalue weighted by Gasteiger charge is -2.14. The van der Waals surface area contributed by atoms with E-state index in [0.29, 0.717) is 11.8 Å². The Hall–Kier alpha value is 0.340. The van der Waals surface area contributed by atoms with Crippen LogP contribution in [-0.2, 0) is 0 Å². The molecule has 0 nitrogen and oxygen atoms in total. The Morgan fingerprint density at radius 1 is 0.867 bits per heavy atom. The lowest BCUT2D eigenvalue weighted by Crippen LogP contribution is -2.16. The number of hydrogen-bond donors (Lipinski definition) is 0. The van der Waals surface area contributed by atoms with Crippen molar-refractivity contribution < 1.29 is 8.78 Å². The molecule has 0 atom stereocenters. The maximum atomic E-state index is 13.0. The van der Waals surface area contributed by atoms with Crippen LogP contribution in [0.15, 0.2) is 0 Å². The average Bonchev–Trinajstić information content (AvgIpc) is 2.16. The Labute approximate surface area is 101 Å². The molecule has 0 fully saturated rings. The minimum Gasteiger partial charge on any atom is -0.207 e. The summed E-state index contributed by atoms with van der Waals surface area (Å²) < 4.78 is 26.0. The zero-order valence-electron chi connectivity index (χ0n) is 9.70. The maximum Gasteiger partial charge on any atom is 0.249 e. The quantitative estimate of drug-likeness (QED) is 0.365. The first-order valence-corrected chi connectivity index (χ1v) is 7.18. The molecular formula is C12H23BrF2. The molecular weight excluding hydrogens is 262 g/mol. The van der Waals surface area contributed by atoms with Crippen LogP contribution in [0.5, 0.6) is 0 Å². The number of halogens is 3. The van der Waals surface area contributed by atoms with Crippen LogP contribution >= 0.6 is 15.9 Å². The molecule has 0 spiro atoms. The number of unbranched alkanes of at least 4 members (excludes halogenated alkanes) is 6. The second-order valence-corrected chi connectivity index (χ2v) is 4.96. The van der Waals surface area contributed by atoms with Gasteiger partial charge in [-0.1, -0.05) is 61.4 Å². The van der Waals surface area contributed by atoms with Crippen molar-refractivity contribution in [2.24, 2.45) is 0 Å². The van der Waals surface area contributed by atoms with Crippen molar-refractivity contribution in [2.45, 2.75) is 70.6 Å². The molecule has 0 radical (unpaired) electrons. The largest absolute Gasteiger partial charge is 0.249 e. The summed E-state index contributed by atoms with van der Waals surface area (Å²) in [4.78, 5) is 0. The fraction of sp³-hybridized carbons (Fsp3) is 1.00. The van der Waals surface area contributed by atoms with Gasteiger partial charge in [0.05, 0.1) is 0 Å². The van der Waals surface area contributed by atoms with E-state index in [0.717, 1.165) is 12.8 Å². The third-order valence-corrected chi connectivity index (χ3v) is 3.00. The summed E-state index contributed by atoms with van der Waals surface area (Å²) >= 11 is 3.06. The predicted molar refractivity (Wildman–Crippen MR) is 66.0 cm³/mol. The Morgan fingerprint density at radius 2 is 1.40 bits per heavy atom. The van der Waals surface area contributed by atoms with Crippen LogP contribution in [0.2, 0.25) is 0 Å². The summed E-state index contributed by atoms with van der Waals surface area (Å²) in [6.45, 7) is 2.18. The van der Waals surface area contributed by atoms with Gasteiger partial charge in [-0.3, -0.25) is 0 Å². The van der Waals surface area contributed by atoms with Crippen molar-refractivity contribution in [1.82, 2.24) is 0 Å². The topological polar surface area (TPSA) is 0 Å². The van der Waals surface area contributed by atoms with E-state index in [4.69, 9.17) is 0 Å². The van der Waals surface area contributed by atoms with Crippen LogP contribution in [0.1, 0.15) is 64.7 Å². The molecule has 0 amide bonds. The summed E-state index contributed by atoms with van der Waals surface area (Å²) in [6.07, 6.45) is 7.77. The highest BCUT2D eigenvalue weighted by molar-refractivity contribution is 9.09. The molecule has 0 aromatic carbocycles. The second-order valence-electron chi connectivity index (χ2n) is 4.17. The second kappa shape index (κ2) is 9.56. The summed E-state index contributed by atoms with van der Waals surface area (Å²) in [5, 5.41) is 0.399. The van der Waals surface area contributed by atoms with Gasteiger partial charge in [0, 0.05) is 18.2 Å². The number of rotatable bonds is 10. The minimum absolute atomic E-state index is 0.0250. The van der Waals surface area contributed by atoms with Gasteiger partial charge in [0.2, 0.25) is 5.92 Å². The lowest BCUT2D eigenvalue weighted by molar-refractivity contribution is -0.0122. The van der Waals surface area contributed by atoms with Crippen molar-refractivity contribution in [2.75, 3.05) is 5.33 Å². The molecule has 0 aliphatic rings. The van der Waals surface area contributed by atoms with Crippen LogP contribution in [-0.4, -0.2) is 11.3 Å². The van der Waals surface area contributed by atoms with Gasteiger partial charge in [0.25, 0.3) is 0 Å². The first-order valence-electron chi connectivity index (χ1n) is 6.06. The van der Waals surface area contributed by atoms with E-state index in [2.05, 4.69) is 22.9 Å². The van der Waals surface area contributed by atoms with Crippen molar-refractivity contribution >= 4 is 15.9 Å². The SMILES string of the molecule is CCCCCCCCCC(F)(F)CCBr. The van der Waals surface area contributed by atoms with Crippen LogP contribution in [0.4, 0.5) is 8.78 Å². The molecule has 0 bridgehead atoms. The zero-order chi connectivity index (χ0) is 11.6. The van der Waals surface area contributed by atoms with Gasteiger partial charge in [0.1, 0.15) is 0 Å². The van der Waals surface area contributed by atoms with Crippen LogP contribution in [0.25, 0.3) is 0 Å². The van der Waals surface area contributed by atoms with E-state index >= 15 is 0 Å². The molecule has 0 aromatic rings. The molecule has 0 unspecified atom stereocenters. The van der Waals surface area contributed by atoms with E-state index in [9.17, 15) is 8.78 Å². The smallest absolute Gasteiger partial charge is 0.207 e. The van der Waals surface area contributed by atoms with Gasteiger partial charge < -0.3 is 0 Å². The standard InChI is InChI=1S/C12H23BrF2/c1-2-3-4-5-6-7-8-9-12(14,15)10-11-13/h2-11H2,1H3. The first kappa shape index (κ1) is 15.3. The first-order chi connectivity index (χ1) is 7.12. The third kappa shape index (κ3) is 10.6. The minimum atomic E-state index is -2.45. The van der Waals surface area contributed by atoms with Gasteiger partial charge in [-0.05, 0) is 6.42 Å². The molecule has 0 saturated heterocycles. The van der Waals surface area contributed by atoms with Gasteiger partial charge in [-0.15, -0.1) is 0 Å². The monoisotopic (exact) mass is 284 g/mol. The fourth-order valence-electron chi connectivity index (χ4n) is 1.60. The van der Waals surface area contributed by atoms with Crippen LogP contribution in [0, 0.1) is 0 Å². The average molecular weight is 285 g/mol. The van der Waals surface area contributed by atoms with E-state index < -0.39 is 5.92 Å². The summed E-state index contributed by atoms with van der Waals surface area (Å²) in [5.74, 6) is -2.45. The molecule has 0 heterocycles. The molecule has 0 aliphatic heterocycles. The van der Waals surface area contributed by atoms with Crippen LogP contribution < -0.4 is 0 Å². The number of alkyl halides is 3. The maximum absolute atomic E-state index is 13.0. The molecule has 0 N–H and O–H groups in total. The Kier molecular flexibility index (Phi) is 9.77. The van der Waals surface area contributed by atoms with Crippen molar-refractivity contribution in [3.63, 3.8) is 0 Å². The fourth-order valence-corrected chi connectivity index (χ4v) is 2.18. The molecule has 92 valence electrons. The summed E-state index contributed by atoms with van der Waals surface area (Å²) in [5.41, 5.74) is 0. The Morgan fingerprint density at radius 3 is 1.93 bits per heavy atom. The lowest BCUT2D eigenvalue weighted by atomic mass is 10.0. The normalized spacial score (nSPS) is 12.0. The molecule has 0 saturated carbocycles. The van der Waals surface area contributed by atoms with E-state index in [1.807, 2.05) is 0 Å². The van der Waals surface area contributed by atoms with Crippen molar-refractivity contribution in [1.29, 1.82) is 0 Å². The highest BCUT2D eigenvalue weighted by atomic mass is 79.9. The molecule has 0 rings (SSSR count). The van der Waals surface area contributed by atoms with Crippen molar-refractivity contribution in [3.8, 4) is 0 Å². The third-order valence-electron chi connectivity index (χ3n) is 2.61. The molecule has 0 aliphatic carbocycles. The predicted octanol–water partition coefficient (Wildman–Crippen LogP) is 5.55. The van der Waals surface area contributed by atoms with E-state index in [1.165, 1.54) is 25.7 Å². The summed E-state index contributed by atoms with van der Waals surface area (Å²) in [6, 6.07) is 0. The highest BCUT2D eigenvalue weighted by Gasteiger charge is 2.26. The van der Waals surface area contributed by atoms with Gasteiger partial charge in [-0.25, -0.2) is 8.78 Å². The summed E-state index contributed by atoms with van der Waals surface area (Å²) in [7, 11) is 0. The van der Waals surface area contributed by atoms with E-state index in [-0.39, 0.29) is 12.8 Å². The number of hydrogen-bond acceptors (Lipinski definition) is 0. The molecule has 15 heavy (non-hydrogen) atoms. The Balaban J connectivity index is 3.22.